The van der Waals surface area contributed by atoms with Crippen LogP contribution in [0.25, 0.3) is 0 Å². The Morgan fingerprint density at radius 1 is 1.38 bits per heavy atom. The van der Waals surface area contributed by atoms with Crippen molar-refractivity contribution >= 4 is 0 Å². The summed E-state index contributed by atoms with van der Waals surface area (Å²) in [4.78, 5) is 2.62. The van der Waals surface area contributed by atoms with Gasteiger partial charge >= 0.3 is 0 Å². The van der Waals surface area contributed by atoms with Crippen LogP contribution in [0.15, 0.2) is 0 Å². The summed E-state index contributed by atoms with van der Waals surface area (Å²) in [5, 5.41) is 3.50. The maximum absolute atomic E-state index is 3.50. The van der Waals surface area contributed by atoms with Gasteiger partial charge < -0.3 is 5.32 Å². The Morgan fingerprint density at radius 3 is 2.69 bits per heavy atom. The molecular weight excluding hydrogens is 160 g/mol. The Balaban J connectivity index is 2.55. The number of hydrogen-bond donors (Lipinski definition) is 1. The van der Waals surface area contributed by atoms with Crippen molar-refractivity contribution in [1.82, 2.24) is 10.2 Å². The van der Waals surface area contributed by atoms with Crippen molar-refractivity contribution in [2.24, 2.45) is 5.92 Å². The van der Waals surface area contributed by atoms with Gasteiger partial charge in [0.2, 0.25) is 0 Å². The van der Waals surface area contributed by atoms with Gasteiger partial charge in [-0.25, -0.2) is 0 Å². The highest BCUT2D eigenvalue weighted by atomic mass is 15.2. The van der Waals surface area contributed by atoms with E-state index in [0.717, 1.165) is 12.5 Å². The van der Waals surface area contributed by atoms with Gasteiger partial charge in [0.05, 0.1) is 0 Å². The molecule has 0 aromatic carbocycles. The molecule has 78 valence electrons. The Hall–Kier alpha value is -0.0800. The molecule has 1 aliphatic rings. The van der Waals surface area contributed by atoms with Crippen LogP contribution in [-0.2, 0) is 0 Å². The Bertz CT molecular complexity index is 152. The maximum atomic E-state index is 3.50. The number of nitrogens with zero attached hydrogens (tertiary/aromatic N) is 1. The molecule has 1 heterocycles. The van der Waals surface area contributed by atoms with E-state index < -0.39 is 0 Å². The molecule has 0 radical (unpaired) electrons. The van der Waals surface area contributed by atoms with Crippen LogP contribution in [0, 0.1) is 5.92 Å². The molecule has 1 N–H and O–H groups in total. The third kappa shape index (κ3) is 3.28. The molecule has 0 unspecified atom stereocenters. The van der Waals surface area contributed by atoms with Gasteiger partial charge in [0.25, 0.3) is 0 Å². The van der Waals surface area contributed by atoms with Crippen LogP contribution in [0.3, 0.4) is 0 Å². The van der Waals surface area contributed by atoms with Gasteiger partial charge in [-0.15, -0.1) is 0 Å². The summed E-state index contributed by atoms with van der Waals surface area (Å²) >= 11 is 0. The zero-order valence-electron chi connectivity index (χ0n) is 9.56. The lowest BCUT2D eigenvalue weighted by atomic mass is 10.0. The van der Waals surface area contributed by atoms with Crippen LogP contribution >= 0.6 is 0 Å². The Morgan fingerprint density at radius 2 is 2.08 bits per heavy atom. The second kappa shape index (κ2) is 4.43. The lowest BCUT2D eigenvalue weighted by Crippen LogP contribution is -2.49. The van der Waals surface area contributed by atoms with Gasteiger partial charge in [0.1, 0.15) is 0 Å². The first-order valence-electron chi connectivity index (χ1n) is 5.48. The number of rotatable bonds is 2. The molecular formula is C11H24N2. The number of nitrogens with one attached hydrogen (secondary N) is 1. The van der Waals surface area contributed by atoms with Crippen molar-refractivity contribution in [3.05, 3.63) is 0 Å². The van der Waals surface area contributed by atoms with E-state index in [2.05, 4.69) is 37.9 Å². The minimum atomic E-state index is 0.334. The average Bonchev–Trinajstić information content (AvgIpc) is 2.13. The van der Waals surface area contributed by atoms with Crippen molar-refractivity contribution in [3.63, 3.8) is 0 Å². The molecule has 0 bridgehead atoms. The van der Waals surface area contributed by atoms with E-state index >= 15 is 0 Å². The monoisotopic (exact) mass is 184 g/mol. The van der Waals surface area contributed by atoms with Crippen molar-refractivity contribution < 1.29 is 0 Å². The molecule has 0 aromatic rings. The van der Waals surface area contributed by atoms with Gasteiger partial charge in [-0.05, 0) is 39.3 Å². The second-order valence-electron chi connectivity index (χ2n) is 5.18. The topological polar surface area (TPSA) is 15.3 Å². The van der Waals surface area contributed by atoms with Crippen LogP contribution in [0.1, 0.15) is 34.1 Å². The molecule has 0 amide bonds. The van der Waals surface area contributed by atoms with Crippen LogP contribution < -0.4 is 5.32 Å². The van der Waals surface area contributed by atoms with Gasteiger partial charge in [-0.2, -0.15) is 0 Å². The summed E-state index contributed by atoms with van der Waals surface area (Å²) in [6.07, 6.45) is 1.29. The Labute approximate surface area is 82.7 Å². The summed E-state index contributed by atoms with van der Waals surface area (Å²) in [6, 6.07) is 0. The summed E-state index contributed by atoms with van der Waals surface area (Å²) in [6.45, 7) is 14.1. The fraction of sp³-hybridized carbons (Fsp3) is 1.00. The number of hydrogen-bond acceptors (Lipinski definition) is 2. The smallest absolute Gasteiger partial charge is 0.0277 e. The highest BCUT2D eigenvalue weighted by molar-refractivity contribution is 4.86. The van der Waals surface area contributed by atoms with E-state index in [1.165, 1.54) is 26.1 Å². The minimum absolute atomic E-state index is 0.334. The first kappa shape index (κ1) is 11.0. The van der Waals surface area contributed by atoms with Gasteiger partial charge in [-0.3, -0.25) is 4.90 Å². The van der Waals surface area contributed by atoms with E-state index in [1.807, 2.05) is 0 Å². The lowest BCUT2D eigenvalue weighted by Gasteiger charge is -2.38. The summed E-state index contributed by atoms with van der Waals surface area (Å²) < 4.78 is 0. The molecule has 2 nitrogen and oxygen atoms in total. The molecule has 1 rings (SSSR count). The van der Waals surface area contributed by atoms with E-state index in [-0.39, 0.29) is 0 Å². The predicted octanol–water partition coefficient (Wildman–Crippen LogP) is 1.72. The molecule has 0 atom stereocenters. The molecule has 0 saturated carbocycles. The van der Waals surface area contributed by atoms with Crippen LogP contribution in [0.5, 0.6) is 0 Å². The van der Waals surface area contributed by atoms with Crippen molar-refractivity contribution in [3.8, 4) is 0 Å². The lowest BCUT2D eigenvalue weighted by molar-refractivity contribution is 0.117. The van der Waals surface area contributed by atoms with E-state index in [1.54, 1.807) is 0 Å². The standard InChI is InChI=1S/C11H24N2/c1-10(2)8-13-7-5-6-12-9-11(13,3)4/h10,12H,5-9H2,1-4H3. The van der Waals surface area contributed by atoms with Crippen molar-refractivity contribution in [1.29, 1.82) is 0 Å². The maximum Gasteiger partial charge on any atom is 0.0277 e. The summed E-state index contributed by atoms with van der Waals surface area (Å²) in [7, 11) is 0. The van der Waals surface area contributed by atoms with Crippen LogP contribution in [0.4, 0.5) is 0 Å². The predicted molar refractivity (Wildman–Crippen MR) is 58.0 cm³/mol. The van der Waals surface area contributed by atoms with Crippen LogP contribution in [-0.4, -0.2) is 36.6 Å². The molecule has 1 saturated heterocycles. The quantitative estimate of drug-likeness (QED) is 0.703. The first-order chi connectivity index (χ1) is 6.02. The third-order valence-electron chi connectivity index (χ3n) is 2.78. The molecule has 13 heavy (non-hydrogen) atoms. The zero-order chi connectivity index (χ0) is 9.90. The van der Waals surface area contributed by atoms with Gasteiger partial charge in [-0.1, -0.05) is 13.8 Å². The highest BCUT2D eigenvalue weighted by Crippen LogP contribution is 2.17. The van der Waals surface area contributed by atoms with Crippen molar-refractivity contribution in [2.75, 3.05) is 26.2 Å². The summed E-state index contributed by atoms with van der Waals surface area (Å²) in [5.41, 5.74) is 0.334. The molecule has 1 fully saturated rings. The molecule has 0 aromatic heterocycles. The van der Waals surface area contributed by atoms with E-state index in [9.17, 15) is 0 Å². The molecule has 0 spiro atoms. The fourth-order valence-electron chi connectivity index (χ4n) is 1.98. The fourth-order valence-corrected chi connectivity index (χ4v) is 1.98. The highest BCUT2D eigenvalue weighted by Gasteiger charge is 2.27. The Kier molecular flexibility index (Phi) is 3.74. The zero-order valence-corrected chi connectivity index (χ0v) is 9.56. The average molecular weight is 184 g/mol. The van der Waals surface area contributed by atoms with E-state index in [4.69, 9.17) is 0 Å². The SMILES string of the molecule is CC(C)CN1CCCNCC1(C)C. The van der Waals surface area contributed by atoms with Gasteiger partial charge in [0.15, 0.2) is 0 Å². The van der Waals surface area contributed by atoms with Gasteiger partial charge in [0, 0.05) is 18.6 Å². The van der Waals surface area contributed by atoms with Crippen LogP contribution in [0.2, 0.25) is 0 Å². The molecule has 0 aliphatic carbocycles. The minimum Gasteiger partial charge on any atom is -0.315 e. The molecule has 1 aliphatic heterocycles. The van der Waals surface area contributed by atoms with Crippen molar-refractivity contribution in [2.45, 2.75) is 39.7 Å². The normalized spacial score (nSPS) is 24.7. The van der Waals surface area contributed by atoms with E-state index in [0.29, 0.717) is 5.54 Å². The summed E-state index contributed by atoms with van der Waals surface area (Å²) in [5.74, 6) is 0.775. The third-order valence-corrected chi connectivity index (χ3v) is 2.78. The molecule has 2 heteroatoms. The first-order valence-corrected chi connectivity index (χ1v) is 5.48. The second-order valence-corrected chi connectivity index (χ2v) is 5.18. The largest absolute Gasteiger partial charge is 0.315 e.